The van der Waals surface area contributed by atoms with Crippen LogP contribution in [0, 0.1) is 0 Å². The zero-order valence-corrected chi connectivity index (χ0v) is 14.2. The topological polar surface area (TPSA) is 62.7 Å². The molecule has 6 nitrogen and oxygen atoms in total. The smallest absolute Gasteiger partial charge is 0.282 e. The Hall–Kier alpha value is -1.02. The molecular formula is C16H25N3O3S. The van der Waals surface area contributed by atoms with E-state index in [0.717, 1.165) is 37.7 Å². The van der Waals surface area contributed by atoms with Gasteiger partial charge in [0.1, 0.15) is 0 Å². The molecule has 1 atom stereocenters. The second kappa shape index (κ2) is 7.70. The van der Waals surface area contributed by atoms with E-state index in [1.54, 1.807) is 21.0 Å². The summed E-state index contributed by atoms with van der Waals surface area (Å²) in [7, 11) is -3.33. The number of piperidine rings is 2. The number of pyridine rings is 1. The van der Waals surface area contributed by atoms with Gasteiger partial charge in [0.05, 0.1) is 12.7 Å². The molecule has 0 N–H and O–H groups in total. The second-order valence-corrected chi connectivity index (χ2v) is 8.19. The van der Waals surface area contributed by atoms with E-state index in [2.05, 4.69) is 4.98 Å². The number of ether oxygens (including phenoxy) is 1. The van der Waals surface area contributed by atoms with Crippen LogP contribution in [-0.2, 0) is 21.6 Å². The second-order valence-electron chi connectivity index (χ2n) is 6.26. The van der Waals surface area contributed by atoms with E-state index in [-0.39, 0.29) is 6.10 Å². The molecule has 0 aromatic carbocycles. The Bertz CT molecular complexity index is 588. The fourth-order valence-corrected chi connectivity index (χ4v) is 4.97. The van der Waals surface area contributed by atoms with E-state index in [0.29, 0.717) is 32.8 Å². The molecule has 0 aliphatic carbocycles. The van der Waals surface area contributed by atoms with Crippen molar-refractivity contribution in [1.82, 2.24) is 13.6 Å². The highest BCUT2D eigenvalue weighted by Gasteiger charge is 2.34. The summed E-state index contributed by atoms with van der Waals surface area (Å²) in [6.45, 7) is 2.85. The molecule has 2 aliphatic rings. The third-order valence-corrected chi connectivity index (χ3v) is 6.52. The van der Waals surface area contributed by atoms with Crippen molar-refractivity contribution < 1.29 is 13.2 Å². The van der Waals surface area contributed by atoms with Crippen LogP contribution in [0.25, 0.3) is 0 Å². The maximum absolute atomic E-state index is 12.7. The fraction of sp³-hybridized carbons (Fsp3) is 0.688. The maximum Gasteiger partial charge on any atom is 0.282 e. The molecule has 7 heteroatoms. The van der Waals surface area contributed by atoms with Crippen LogP contribution in [0.4, 0.5) is 0 Å². The molecular weight excluding hydrogens is 314 g/mol. The Balaban J connectivity index is 1.57. The van der Waals surface area contributed by atoms with Crippen LogP contribution < -0.4 is 0 Å². The van der Waals surface area contributed by atoms with E-state index in [4.69, 9.17) is 4.74 Å². The van der Waals surface area contributed by atoms with Crippen LogP contribution in [-0.4, -0.2) is 54.3 Å². The van der Waals surface area contributed by atoms with E-state index in [9.17, 15) is 8.42 Å². The number of hydrogen-bond donors (Lipinski definition) is 0. The van der Waals surface area contributed by atoms with Crippen LogP contribution in [0.3, 0.4) is 0 Å². The van der Waals surface area contributed by atoms with Gasteiger partial charge in [-0.25, -0.2) is 0 Å². The zero-order chi connectivity index (χ0) is 16.1. The Morgan fingerprint density at radius 1 is 1.13 bits per heavy atom. The highest BCUT2D eigenvalue weighted by molar-refractivity contribution is 7.86. The SMILES string of the molecule is O=S(=O)(N1CCCCC1)N1CCCC(OCc2cccnc2)C1. The van der Waals surface area contributed by atoms with Crippen LogP contribution >= 0.6 is 0 Å². The van der Waals surface area contributed by atoms with Crippen molar-refractivity contribution in [2.75, 3.05) is 26.2 Å². The summed E-state index contributed by atoms with van der Waals surface area (Å²) in [5.41, 5.74) is 1.02. The summed E-state index contributed by atoms with van der Waals surface area (Å²) in [6, 6.07) is 3.85. The van der Waals surface area contributed by atoms with Crippen LogP contribution in [0.1, 0.15) is 37.7 Å². The fourth-order valence-electron chi connectivity index (χ4n) is 3.21. The number of nitrogens with zero attached hydrogens (tertiary/aromatic N) is 3. The highest BCUT2D eigenvalue weighted by atomic mass is 32.2. The average Bonchev–Trinajstić information content (AvgIpc) is 2.62. The van der Waals surface area contributed by atoms with Crippen molar-refractivity contribution in [3.63, 3.8) is 0 Å². The zero-order valence-electron chi connectivity index (χ0n) is 13.4. The Kier molecular flexibility index (Phi) is 5.63. The molecule has 0 saturated carbocycles. The van der Waals surface area contributed by atoms with Gasteiger partial charge in [-0.2, -0.15) is 17.0 Å². The molecule has 2 saturated heterocycles. The standard InChI is InChI=1S/C16H25N3O3S/c20-23(21,18-9-2-1-3-10-18)19-11-5-7-16(13-19)22-14-15-6-4-8-17-12-15/h4,6,8,12,16H,1-3,5,7,9-11,13-14H2. The summed E-state index contributed by atoms with van der Waals surface area (Å²) in [5, 5.41) is 0. The third kappa shape index (κ3) is 4.29. The molecule has 23 heavy (non-hydrogen) atoms. The minimum absolute atomic E-state index is 0.0384. The summed E-state index contributed by atoms with van der Waals surface area (Å²) in [4.78, 5) is 4.07. The molecule has 128 valence electrons. The van der Waals surface area contributed by atoms with Crippen LogP contribution in [0.5, 0.6) is 0 Å². The molecule has 2 fully saturated rings. The highest BCUT2D eigenvalue weighted by Crippen LogP contribution is 2.22. The first-order chi connectivity index (χ1) is 11.2. The van der Waals surface area contributed by atoms with Gasteiger partial charge in [0, 0.05) is 38.6 Å². The van der Waals surface area contributed by atoms with Crippen molar-refractivity contribution in [3.8, 4) is 0 Å². The summed E-state index contributed by atoms with van der Waals surface area (Å²) >= 11 is 0. The van der Waals surface area contributed by atoms with E-state index in [1.807, 2.05) is 12.1 Å². The molecule has 3 heterocycles. The molecule has 0 amide bonds. The summed E-state index contributed by atoms with van der Waals surface area (Å²) < 4.78 is 34.7. The van der Waals surface area contributed by atoms with Gasteiger partial charge in [-0.1, -0.05) is 12.5 Å². The van der Waals surface area contributed by atoms with Crippen molar-refractivity contribution in [2.24, 2.45) is 0 Å². The van der Waals surface area contributed by atoms with E-state index < -0.39 is 10.2 Å². The first-order valence-corrected chi connectivity index (χ1v) is 9.82. The molecule has 2 aliphatic heterocycles. The quantitative estimate of drug-likeness (QED) is 0.820. The average molecular weight is 339 g/mol. The lowest BCUT2D eigenvalue weighted by atomic mass is 10.1. The van der Waals surface area contributed by atoms with E-state index in [1.165, 1.54) is 0 Å². The minimum Gasteiger partial charge on any atom is -0.372 e. The van der Waals surface area contributed by atoms with Crippen molar-refractivity contribution in [1.29, 1.82) is 0 Å². The van der Waals surface area contributed by atoms with Crippen LogP contribution in [0.15, 0.2) is 24.5 Å². The lowest BCUT2D eigenvalue weighted by molar-refractivity contribution is 0.00676. The van der Waals surface area contributed by atoms with Gasteiger partial charge in [-0.3, -0.25) is 4.98 Å². The van der Waals surface area contributed by atoms with Gasteiger partial charge in [0.2, 0.25) is 0 Å². The molecule has 1 aromatic heterocycles. The summed E-state index contributed by atoms with van der Waals surface area (Å²) in [6.07, 6.45) is 8.30. The van der Waals surface area contributed by atoms with Gasteiger partial charge in [0.25, 0.3) is 10.2 Å². The van der Waals surface area contributed by atoms with Crippen molar-refractivity contribution >= 4 is 10.2 Å². The molecule has 1 aromatic rings. The molecule has 0 bridgehead atoms. The van der Waals surface area contributed by atoms with Gasteiger partial charge < -0.3 is 4.74 Å². The lowest BCUT2D eigenvalue weighted by Gasteiger charge is -2.36. The minimum atomic E-state index is -3.33. The van der Waals surface area contributed by atoms with Crippen molar-refractivity contribution in [2.45, 2.75) is 44.8 Å². The normalized spacial score (nSPS) is 24.6. The molecule has 0 radical (unpaired) electrons. The Labute approximate surface area is 138 Å². The van der Waals surface area contributed by atoms with Gasteiger partial charge in [-0.05, 0) is 37.3 Å². The first-order valence-electron chi connectivity index (χ1n) is 8.42. The Morgan fingerprint density at radius 3 is 2.65 bits per heavy atom. The maximum atomic E-state index is 12.7. The van der Waals surface area contributed by atoms with Crippen molar-refractivity contribution in [3.05, 3.63) is 30.1 Å². The first kappa shape index (κ1) is 16.8. The number of rotatable bonds is 5. The predicted molar refractivity (Wildman–Crippen MR) is 88.0 cm³/mol. The summed E-state index contributed by atoms with van der Waals surface area (Å²) in [5.74, 6) is 0. The largest absolute Gasteiger partial charge is 0.372 e. The monoisotopic (exact) mass is 339 g/mol. The van der Waals surface area contributed by atoms with E-state index >= 15 is 0 Å². The lowest BCUT2D eigenvalue weighted by Crippen LogP contribution is -2.50. The van der Waals surface area contributed by atoms with Gasteiger partial charge in [-0.15, -0.1) is 0 Å². The van der Waals surface area contributed by atoms with Gasteiger partial charge >= 0.3 is 0 Å². The molecule has 0 spiro atoms. The number of aromatic nitrogens is 1. The number of hydrogen-bond acceptors (Lipinski definition) is 4. The molecule has 1 unspecified atom stereocenters. The third-order valence-electron chi connectivity index (χ3n) is 4.52. The Morgan fingerprint density at radius 2 is 1.91 bits per heavy atom. The predicted octanol–water partition coefficient (Wildman–Crippen LogP) is 1.79. The molecule has 3 rings (SSSR count). The van der Waals surface area contributed by atoms with Gasteiger partial charge in [0.15, 0.2) is 0 Å². The van der Waals surface area contributed by atoms with Crippen LogP contribution in [0.2, 0.25) is 0 Å².